The van der Waals surface area contributed by atoms with E-state index in [1.807, 2.05) is 23.7 Å². The van der Waals surface area contributed by atoms with E-state index in [-0.39, 0.29) is 0 Å². The summed E-state index contributed by atoms with van der Waals surface area (Å²) in [5, 5.41) is 16.2. The number of aryl methyl sites for hydroxylation is 1. The van der Waals surface area contributed by atoms with Crippen LogP contribution < -0.4 is 16.4 Å². The van der Waals surface area contributed by atoms with Gasteiger partial charge >= 0.3 is 0 Å². The molecule has 0 radical (unpaired) electrons. The molecule has 0 amide bonds. The van der Waals surface area contributed by atoms with Gasteiger partial charge in [-0.25, -0.2) is 4.98 Å². The predicted molar refractivity (Wildman–Crippen MR) is 99.7 cm³/mol. The fourth-order valence-electron chi connectivity index (χ4n) is 2.36. The summed E-state index contributed by atoms with van der Waals surface area (Å²) >= 11 is 6.06. The Morgan fingerprint density at radius 3 is 2.88 bits per heavy atom. The number of imidazole rings is 1. The quantitative estimate of drug-likeness (QED) is 0.496. The monoisotopic (exact) mass is 361 g/mol. The highest BCUT2D eigenvalue weighted by molar-refractivity contribution is 6.33. The van der Waals surface area contributed by atoms with Crippen molar-refractivity contribution < 1.29 is 5.11 Å². The van der Waals surface area contributed by atoms with Crippen molar-refractivity contribution in [3.63, 3.8) is 0 Å². The zero-order valence-corrected chi connectivity index (χ0v) is 14.7. The van der Waals surface area contributed by atoms with Gasteiger partial charge in [-0.05, 0) is 18.6 Å². The van der Waals surface area contributed by atoms with Gasteiger partial charge in [-0.1, -0.05) is 23.7 Å². The van der Waals surface area contributed by atoms with Crippen LogP contribution in [-0.2, 0) is 13.6 Å². The van der Waals surface area contributed by atoms with Gasteiger partial charge in [0.05, 0.1) is 23.1 Å². The Labute approximate surface area is 150 Å². The first-order valence-electron chi connectivity index (χ1n) is 7.83. The van der Waals surface area contributed by atoms with Gasteiger partial charge in [0, 0.05) is 20.1 Å². The van der Waals surface area contributed by atoms with Crippen molar-refractivity contribution in [1.29, 1.82) is 0 Å². The molecule has 3 rings (SSSR count). The zero-order valence-electron chi connectivity index (χ0n) is 14.0. The maximum absolute atomic E-state index is 9.44. The topological polar surface area (TPSA) is 114 Å². The number of aliphatic hydroxyl groups excluding tert-OH is 1. The number of para-hydroxylation sites is 1. The summed E-state index contributed by atoms with van der Waals surface area (Å²) in [4.78, 5) is 13.2. The first-order valence-corrected chi connectivity index (χ1v) is 8.21. The minimum atomic E-state index is -0.506. The summed E-state index contributed by atoms with van der Waals surface area (Å²) in [6.07, 6.45) is 1.17. The standard InChI is InChI=1S/C16H20ClN7O/c1-9(25)6-20-16-22-14(13-15(23-16)24(2)8-21-13)19-7-10-4-3-5-11(17)12(10)18/h3-5,8-9,25H,6-7,18H2,1-2H3,(H2,19,20,22,23). The number of hydrogen-bond donors (Lipinski definition) is 4. The average Bonchev–Trinajstić information content (AvgIpc) is 2.95. The van der Waals surface area contributed by atoms with E-state index in [1.54, 1.807) is 19.3 Å². The molecule has 0 fully saturated rings. The van der Waals surface area contributed by atoms with Crippen LogP contribution in [-0.4, -0.2) is 37.3 Å². The van der Waals surface area contributed by atoms with Gasteiger partial charge in [0.1, 0.15) is 0 Å². The summed E-state index contributed by atoms with van der Waals surface area (Å²) in [6, 6.07) is 5.50. The Kier molecular flexibility index (Phi) is 4.91. The van der Waals surface area contributed by atoms with Crippen LogP contribution >= 0.6 is 11.6 Å². The Hall–Kier alpha value is -2.58. The molecular weight excluding hydrogens is 342 g/mol. The average molecular weight is 362 g/mol. The lowest BCUT2D eigenvalue weighted by molar-refractivity contribution is 0.208. The number of anilines is 3. The largest absolute Gasteiger partial charge is 0.397 e. The molecule has 5 N–H and O–H groups in total. The Balaban J connectivity index is 1.90. The van der Waals surface area contributed by atoms with Crippen molar-refractivity contribution in [3.8, 4) is 0 Å². The number of hydrogen-bond acceptors (Lipinski definition) is 7. The Morgan fingerprint density at radius 1 is 1.32 bits per heavy atom. The van der Waals surface area contributed by atoms with Gasteiger partial charge in [-0.3, -0.25) is 0 Å². The van der Waals surface area contributed by atoms with E-state index in [4.69, 9.17) is 17.3 Å². The summed E-state index contributed by atoms with van der Waals surface area (Å²) in [5.41, 5.74) is 8.76. The second kappa shape index (κ2) is 7.12. The molecule has 0 bridgehead atoms. The number of fused-ring (bicyclic) bond motifs is 1. The van der Waals surface area contributed by atoms with Crippen LogP contribution in [0.3, 0.4) is 0 Å². The maximum Gasteiger partial charge on any atom is 0.226 e. The smallest absolute Gasteiger partial charge is 0.226 e. The third-order valence-corrected chi connectivity index (χ3v) is 4.03. The van der Waals surface area contributed by atoms with Gasteiger partial charge in [-0.2, -0.15) is 9.97 Å². The zero-order chi connectivity index (χ0) is 18.0. The highest BCUT2D eigenvalue weighted by atomic mass is 35.5. The Morgan fingerprint density at radius 2 is 2.12 bits per heavy atom. The molecule has 8 nitrogen and oxygen atoms in total. The molecule has 0 saturated carbocycles. The number of nitrogen functional groups attached to an aromatic ring is 1. The second-order valence-corrected chi connectivity index (χ2v) is 6.23. The lowest BCUT2D eigenvalue weighted by Gasteiger charge is -2.12. The van der Waals surface area contributed by atoms with E-state index < -0.39 is 6.10 Å². The van der Waals surface area contributed by atoms with Crippen molar-refractivity contribution in [2.75, 3.05) is 22.9 Å². The van der Waals surface area contributed by atoms with Crippen LogP contribution in [0.25, 0.3) is 11.2 Å². The van der Waals surface area contributed by atoms with E-state index in [1.165, 1.54) is 0 Å². The number of halogens is 1. The minimum Gasteiger partial charge on any atom is -0.397 e. The molecule has 0 aliphatic heterocycles. The van der Waals surface area contributed by atoms with E-state index in [9.17, 15) is 5.11 Å². The van der Waals surface area contributed by atoms with Gasteiger partial charge in [-0.15, -0.1) is 0 Å². The second-order valence-electron chi connectivity index (χ2n) is 5.82. The van der Waals surface area contributed by atoms with Gasteiger partial charge in [0.25, 0.3) is 0 Å². The normalized spacial score (nSPS) is 12.3. The number of nitrogens with one attached hydrogen (secondary N) is 2. The van der Waals surface area contributed by atoms with E-state index in [2.05, 4.69) is 25.6 Å². The molecule has 2 heterocycles. The summed E-state index contributed by atoms with van der Waals surface area (Å²) in [6.45, 7) is 2.49. The predicted octanol–water partition coefficient (Wildman–Crippen LogP) is 2.00. The third-order valence-electron chi connectivity index (χ3n) is 3.70. The minimum absolute atomic E-state index is 0.351. The van der Waals surface area contributed by atoms with Crippen molar-refractivity contribution in [2.24, 2.45) is 7.05 Å². The van der Waals surface area contributed by atoms with Crippen LogP contribution in [0.5, 0.6) is 0 Å². The van der Waals surface area contributed by atoms with Crippen LogP contribution in [0.1, 0.15) is 12.5 Å². The summed E-state index contributed by atoms with van der Waals surface area (Å²) < 4.78 is 1.81. The lowest BCUT2D eigenvalue weighted by Crippen LogP contribution is -2.17. The molecule has 9 heteroatoms. The first kappa shape index (κ1) is 17.2. The van der Waals surface area contributed by atoms with Crippen molar-refractivity contribution in [1.82, 2.24) is 19.5 Å². The van der Waals surface area contributed by atoms with Crippen molar-refractivity contribution in [3.05, 3.63) is 35.1 Å². The highest BCUT2D eigenvalue weighted by Gasteiger charge is 2.13. The van der Waals surface area contributed by atoms with Gasteiger partial charge in [0.2, 0.25) is 5.95 Å². The first-order chi connectivity index (χ1) is 12.0. The molecule has 1 unspecified atom stereocenters. The van der Waals surface area contributed by atoms with E-state index in [0.29, 0.717) is 46.7 Å². The molecule has 0 spiro atoms. The van der Waals surface area contributed by atoms with Crippen LogP contribution in [0.15, 0.2) is 24.5 Å². The van der Waals surface area contributed by atoms with Crippen LogP contribution in [0.4, 0.5) is 17.5 Å². The van der Waals surface area contributed by atoms with Gasteiger partial charge < -0.3 is 26.0 Å². The molecule has 0 aliphatic carbocycles. The van der Waals surface area contributed by atoms with Crippen LogP contribution in [0, 0.1) is 0 Å². The van der Waals surface area contributed by atoms with E-state index >= 15 is 0 Å². The number of rotatable bonds is 6. The number of nitrogens with two attached hydrogens (primary N) is 1. The molecule has 25 heavy (non-hydrogen) atoms. The SMILES string of the molecule is CC(O)CNc1nc(NCc2cccc(Cl)c2N)c2ncn(C)c2n1. The van der Waals surface area contributed by atoms with E-state index in [0.717, 1.165) is 5.56 Å². The number of benzene rings is 1. The van der Waals surface area contributed by atoms with Crippen molar-refractivity contribution >= 4 is 40.2 Å². The molecule has 0 aliphatic rings. The Bertz CT molecular complexity index is 894. The lowest BCUT2D eigenvalue weighted by atomic mass is 10.2. The molecule has 1 aromatic carbocycles. The third kappa shape index (κ3) is 3.75. The summed E-state index contributed by atoms with van der Waals surface area (Å²) in [5.74, 6) is 0.997. The fraction of sp³-hybridized carbons (Fsp3) is 0.312. The molecule has 0 saturated heterocycles. The van der Waals surface area contributed by atoms with Crippen LogP contribution in [0.2, 0.25) is 5.02 Å². The van der Waals surface area contributed by atoms with Gasteiger partial charge in [0.15, 0.2) is 17.0 Å². The fourth-order valence-corrected chi connectivity index (χ4v) is 2.56. The summed E-state index contributed by atoms with van der Waals surface area (Å²) in [7, 11) is 1.86. The molecule has 1 atom stereocenters. The number of nitrogens with zero attached hydrogens (tertiary/aromatic N) is 4. The highest BCUT2D eigenvalue weighted by Crippen LogP contribution is 2.25. The molecule has 132 valence electrons. The van der Waals surface area contributed by atoms with Crippen molar-refractivity contribution in [2.45, 2.75) is 19.6 Å². The molecule has 2 aromatic heterocycles. The number of aromatic nitrogens is 4. The molecular formula is C16H20ClN7O. The molecule has 3 aromatic rings. The maximum atomic E-state index is 9.44. The number of aliphatic hydroxyl groups is 1.